The second-order valence-corrected chi connectivity index (χ2v) is 4.90. The van der Waals surface area contributed by atoms with E-state index < -0.39 is 0 Å². The Morgan fingerprint density at radius 3 is 2.72 bits per heavy atom. The van der Waals surface area contributed by atoms with E-state index in [1.807, 2.05) is 26.0 Å². The molecule has 1 atom stereocenters. The number of carbonyl (C=O) groups excluding carboxylic acids is 1. The minimum atomic E-state index is 0.0447. The van der Waals surface area contributed by atoms with Crippen molar-refractivity contribution < 1.29 is 4.79 Å². The molecule has 1 saturated heterocycles. The largest absolute Gasteiger partial charge is 0.357 e. The molecule has 2 rings (SSSR count). The molecule has 1 aromatic heterocycles. The van der Waals surface area contributed by atoms with Gasteiger partial charge in [-0.25, -0.2) is 4.98 Å². The molecule has 98 valence electrons. The van der Waals surface area contributed by atoms with Crippen molar-refractivity contribution in [3.63, 3.8) is 0 Å². The second kappa shape index (κ2) is 5.85. The van der Waals surface area contributed by atoms with Crippen LogP contribution in [0.3, 0.4) is 0 Å². The molecule has 1 N–H and O–H groups in total. The molecule has 1 aliphatic rings. The molecule has 1 aliphatic heterocycles. The van der Waals surface area contributed by atoms with Crippen molar-refractivity contribution in [3.05, 3.63) is 18.3 Å². The summed E-state index contributed by atoms with van der Waals surface area (Å²) in [6, 6.07) is 3.92. The molecule has 1 amide bonds. The van der Waals surface area contributed by atoms with Gasteiger partial charge in [-0.2, -0.15) is 0 Å². The fourth-order valence-corrected chi connectivity index (χ4v) is 2.04. The first-order valence-corrected chi connectivity index (χ1v) is 6.72. The Morgan fingerprint density at radius 2 is 2.17 bits per heavy atom. The van der Waals surface area contributed by atoms with Gasteiger partial charge in [-0.15, -0.1) is 0 Å². The van der Waals surface area contributed by atoms with E-state index in [0.717, 1.165) is 31.0 Å². The van der Waals surface area contributed by atoms with Crippen LogP contribution in [0.5, 0.6) is 0 Å². The van der Waals surface area contributed by atoms with E-state index in [4.69, 9.17) is 0 Å². The molecule has 18 heavy (non-hydrogen) atoms. The number of nitrogens with zero attached hydrogens (tertiary/aromatic N) is 2. The van der Waals surface area contributed by atoms with E-state index in [2.05, 4.69) is 15.2 Å². The maximum absolute atomic E-state index is 11.7. The molecule has 0 bridgehead atoms. The van der Waals surface area contributed by atoms with Gasteiger partial charge in [-0.3, -0.25) is 4.79 Å². The average Bonchev–Trinajstić information content (AvgIpc) is 2.92. The van der Waals surface area contributed by atoms with Crippen molar-refractivity contribution in [2.45, 2.75) is 33.1 Å². The maximum Gasteiger partial charge on any atom is 0.227 e. The fraction of sp³-hybridized carbons (Fsp3) is 0.571. The first kappa shape index (κ1) is 12.9. The van der Waals surface area contributed by atoms with E-state index in [0.29, 0.717) is 0 Å². The fourth-order valence-electron chi connectivity index (χ4n) is 2.04. The van der Waals surface area contributed by atoms with Gasteiger partial charge < -0.3 is 10.2 Å². The van der Waals surface area contributed by atoms with Crippen LogP contribution in [0.1, 0.15) is 33.1 Å². The van der Waals surface area contributed by atoms with Crippen molar-refractivity contribution in [3.8, 4) is 0 Å². The van der Waals surface area contributed by atoms with Crippen LogP contribution in [0.25, 0.3) is 0 Å². The quantitative estimate of drug-likeness (QED) is 0.889. The number of aromatic nitrogens is 1. The molecule has 2 heterocycles. The Morgan fingerprint density at radius 1 is 1.44 bits per heavy atom. The second-order valence-electron chi connectivity index (χ2n) is 4.90. The molecule has 0 saturated carbocycles. The summed E-state index contributed by atoms with van der Waals surface area (Å²) in [4.78, 5) is 18.4. The van der Waals surface area contributed by atoms with E-state index in [1.165, 1.54) is 12.8 Å². The molecule has 1 fully saturated rings. The van der Waals surface area contributed by atoms with Gasteiger partial charge in [0.25, 0.3) is 0 Å². The highest BCUT2D eigenvalue weighted by molar-refractivity contribution is 5.92. The number of amides is 1. The van der Waals surface area contributed by atoms with Crippen molar-refractivity contribution in [2.24, 2.45) is 5.92 Å². The van der Waals surface area contributed by atoms with E-state index in [-0.39, 0.29) is 11.8 Å². The Balaban J connectivity index is 1.97. The smallest absolute Gasteiger partial charge is 0.227 e. The number of carbonyl (C=O) groups is 1. The van der Waals surface area contributed by atoms with Gasteiger partial charge >= 0.3 is 0 Å². The molecule has 4 nitrogen and oxygen atoms in total. The van der Waals surface area contributed by atoms with E-state index in [1.54, 1.807) is 6.20 Å². The minimum absolute atomic E-state index is 0.0447. The number of rotatable bonds is 4. The summed E-state index contributed by atoms with van der Waals surface area (Å²) >= 11 is 0. The summed E-state index contributed by atoms with van der Waals surface area (Å²) in [7, 11) is 0. The topological polar surface area (TPSA) is 45.2 Å². The van der Waals surface area contributed by atoms with Crippen molar-refractivity contribution >= 4 is 17.4 Å². The summed E-state index contributed by atoms with van der Waals surface area (Å²) in [6.07, 6.45) is 5.08. The highest BCUT2D eigenvalue weighted by Gasteiger charge is 2.14. The Kier molecular flexibility index (Phi) is 4.18. The molecular weight excluding hydrogens is 226 g/mol. The molecule has 0 spiro atoms. The molecule has 0 aliphatic carbocycles. The lowest BCUT2D eigenvalue weighted by molar-refractivity contribution is -0.119. The Hall–Kier alpha value is -1.58. The van der Waals surface area contributed by atoms with Crippen LogP contribution in [0.4, 0.5) is 11.5 Å². The zero-order valence-corrected chi connectivity index (χ0v) is 11.1. The van der Waals surface area contributed by atoms with Gasteiger partial charge in [0, 0.05) is 19.0 Å². The SMILES string of the molecule is CCC(C)C(=O)Nc1ccc(N2CCCC2)nc1. The molecule has 1 unspecified atom stereocenters. The summed E-state index contributed by atoms with van der Waals surface area (Å²) in [6.45, 7) is 6.12. The summed E-state index contributed by atoms with van der Waals surface area (Å²) < 4.78 is 0. The zero-order chi connectivity index (χ0) is 13.0. The van der Waals surface area contributed by atoms with Crippen molar-refractivity contribution in [2.75, 3.05) is 23.3 Å². The number of nitrogens with one attached hydrogen (secondary N) is 1. The third-order valence-electron chi connectivity index (χ3n) is 3.51. The van der Waals surface area contributed by atoms with Crippen molar-refractivity contribution in [1.29, 1.82) is 0 Å². The van der Waals surface area contributed by atoms with Gasteiger partial charge in [0.2, 0.25) is 5.91 Å². The number of pyridine rings is 1. The minimum Gasteiger partial charge on any atom is -0.357 e. The monoisotopic (exact) mass is 247 g/mol. The highest BCUT2D eigenvalue weighted by atomic mass is 16.1. The van der Waals surface area contributed by atoms with Crippen LogP contribution < -0.4 is 10.2 Å². The zero-order valence-electron chi connectivity index (χ0n) is 11.1. The third kappa shape index (κ3) is 3.00. The molecule has 0 aromatic carbocycles. The summed E-state index contributed by atoms with van der Waals surface area (Å²) in [5.74, 6) is 1.12. The maximum atomic E-state index is 11.7. The highest BCUT2D eigenvalue weighted by Crippen LogP contribution is 2.19. The third-order valence-corrected chi connectivity index (χ3v) is 3.51. The first-order chi connectivity index (χ1) is 8.70. The predicted octanol–water partition coefficient (Wildman–Crippen LogP) is 2.67. The van der Waals surface area contributed by atoms with Crippen LogP contribution >= 0.6 is 0 Å². The standard InChI is InChI=1S/C14H21N3O/c1-3-11(2)14(18)16-12-6-7-13(15-10-12)17-8-4-5-9-17/h6-7,10-11H,3-5,8-9H2,1-2H3,(H,16,18). The number of anilines is 2. The number of hydrogen-bond donors (Lipinski definition) is 1. The first-order valence-electron chi connectivity index (χ1n) is 6.72. The van der Waals surface area contributed by atoms with Crippen LogP contribution in [0.15, 0.2) is 18.3 Å². The van der Waals surface area contributed by atoms with Crippen LogP contribution in [0, 0.1) is 5.92 Å². The van der Waals surface area contributed by atoms with E-state index >= 15 is 0 Å². The van der Waals surface area contributed by atoms with E-state index in [9.17, 15) is 4.79 Å². The number of hydrogen-bond acceptors (Lipinski definition) is 3. The molecular formula is C14H21N3O. The van der Waals surface area contributed by atoms with Gasteiger partial charge in [0.15, 0.2) is 0 Å². The van der Waals surface area contributed by atoms with Crippen LogP contribution in [0.2, 0.25) is 0 Å². The van der Waals surface area contributed by atoms with Crippen LogP contribution in [-0.2, 0) is 4.79 Å². The van der Waals surface area contributed by atoms with Crippen LogP contribution in [-0.4, -0.2) is 24.0 Å². The van der Waals surface area contributed by atoms with Gasteiger partial charge in [0.05, 0.1) is 11.9 Å². The van der Waals surface area contributed by atoms with Crippen molar-refractivity contribution in [1.82, 2.24) is 4.98 Å². The average molecular weight is 247 g/mol. The lowest BCUT2D eigenvalue weighted by Gasteiger charge is -2.16. The molecule has 1 aromatic rings. The lowest BCUT2D eigenvalue weighted by atomic mass is 10.1. The molecule has 0 radical (unpaired) electrons. The van der Waals surface area contributed by atoms with Gasteiger partial charge in [0.1, 0.15) is 5.82 Å². The Bertz CT molecular complexity index is 396. The van der Waals surface area contributed by atoms with Gasteiger partial charge in [-0.05, 0) is 31.4 Å². The normalized spacial score (nSPS) is 16.7. The Labute approximate surface area is 108 Å². The summed E-state index contributed by atoms with van der Waals surface area (Å²) in [5, 5.41) is 2.89. The summed E-state index contributed by atoms with van der Waals surface area (Å²) in [5.41, 5.74) is 0.781. The predicted molar refractivity (Wildman–Crippen MR) is 73.8 cm³/mol. The van der Waals surface area contributed by atoms with Gasteiger partial charge in [-0.1, -0.05) is 13.8 Å². The molecule has 4 heteroatoms. The lowest BCUT2D eigenvalue weighted by Crippen LogP contribution is -2.21.